The van der Waals surface area contributed by atoms with Crippen molar-refractivity contribution in [3.63, 3.8) is 0 Å². The van der Waals surface area contributed by atoms with E-state index in [1.807, 2.05) is 43.3 Å². The van der Waals surface area contributed by atoms with Gasteiger partial charge in [0, 0.05) is 19.8 Å². The van der Waals surface area contributed by atoms with Crippen LogP contribution in [0.2, 0.25) is 0 Å². The molecular formula is C13H16N4OS. The average molecular weight is 276 g/mol. The topological polar surface area (TPSA) is 71.3 Å². The summed E-state index contributed by atoms with van der Waals surface area (Å²) in [6.07, 6.45) is -0.947. The molecule has 1 fully saturated rings. The molecular weight excluding hydrogens is 260 g/mol. The van der Waals surface area contributed by atoms with Crippen molar-refractivity contribution in [2.75, 3.05) is 19.0 Å². The van der Waals surface area contributed by atoms with Crippen LogP contribution >= 0.6 is 12.2 Å². The summed E-state index contributed by atoms with van der Waals surface area (Å²) in [7, 11) is 3.93. The van der Waals surface area contributed by atoms with Gasteiger partial charge in [0.25, 0.3) is 0 Å². The lowest BCUT2D eigenvalue weighted by molar-refractivity contribution is 0.0896. The zero-order valence-corrected chi connectivity index (χ0v) is 11.6. The maximum Gasteiger partial charge on any atom is 0.168 e. The third-order valence-electron chi connectivity index (χ3n) is 3.18. The van der Waals surface area contributed by atoms with Crippen LogP contribution in [-0.2, 0) is 0 Å². The van der Waals surface area contributed by atoms with Crippen LogP contribution in [0.3, 0.4) is 0 Å². The molecule has 0 amide bonds. The number of nitrogens with zero attached hydrogens (tertiary/aromatic N) is 2. The van der Waals surface area contributed by atoms with Crippen molar-refractivity contribution in [3.05, 3.63) is 29.8 Å². The Hall–Kier alpha value is -1.84. The lowest BCUT2D eigenvalue weighted by atomic mass is 9.91. The van der Waals surface area contributed by atoms with Crippen LogP contribution in [0.15, 0.2) is 24.3 Å². The second-order valence-corrected chi connectivity index (χ2v) is 5.09. The number of nitriles is 1. The summed E-state index contributed by atoms with van der Waals surface area (Å²) in [6, 6.07) is 9.65. The number of anilines is 1. The van der Waals surface area contributed by atoms with Gasteiger partial charge < -0.3 is 20.6 Å². The van der Waals surface area contributed by atoms with Gasteiger partial charge >= 0.3 is 0 Å². The molecule has 3 atom stereocenters. The Morgan fingerprint density at radius 2 is 1.89 bits per heavy atom. The Morgan fingerprint density at radius 1 is 1.26 bits per heavy atom. The molecule has 1 aliphatic heterocycles. The number of aliphatic hydroxyl groups excluding tert-OH is 1. The van der Waals surface area contributed by atoms with E-state index in [1.54, 1.807) is 0 Å². The van der Waals surface area contributed by atoms with Crippen molar-refractivity contribution in [3.8, 4) is 6.07 Å². The van der Waals surface area contributed by atoms with Crippen molar-refractivity contribution in [2.45, 2.75) is 12.3 Å². The summed E-state index contributed by atoms with van der Waals surface area (Å²) in [6.45, 7) is 0. The molecule has 1 saturated heterocycles. The highest BCUT2D eigenvalue weighted by Gasteiger charge is 2.34. The second kappa shape index (κ2) is 5.43. The lowest BCUT2D eigenvalue weighted by Gasteiger charge is -2.34. The summed E-state index contributed by atoms with van der Waals surface area (Å²) in [5, 5.41) is 25.1. The number of hydrogen-bond donors (Lipinski definition) is 3. The van der Waals surface area contributed by atoms with E-state index in [0.717, 1.165) is 11.3 Å². The maximum absolute atomic E-state index is 9.84. The molecule has 0 spiro atoms. The number of rotatable bonds is 2. The van der Waals surface area contributed by atoms with E-state index in [0.29, 0.717) is 5.11 Å². The largest absolute Gasteiger partial charge is 0.378 e. The van der Waals surface area contributed by atoms with E-state index in [4.69, 9.17) is 12.2 Å². The lowest BCUT2D eigenvalue weighted by Crippen LogP contribution is -2.55. The Bertz CT molecular complexity index is 508. The fourth-order valence-electron chi connectivity index (χ4n) is 2.09. The zero-order valence-electron chi connectivity index (χ0n) is 10.8. The Morgan fingerprint density at radius 3 is 2.42 bits per heavy atom. The summed E-state index contributed by atoms with van der Waals surface area (Å²) >= 11 is 5.03. The van der Waals surface area contributed by atoms with Crippen LogP contribution in [0.5, 0.6) is 0 Å². The van der Waals surface area contributed by atoms with Gasteiger partial charge in [-0.2, -0.15) is 5.26 Å². The van der Waals surface area contributed by atoms with E-state index >= 15 is 0 Å². The van der Waals surface area contributed by atoms with Crippen molar-refractivity contribution in [1.29, 1.82) is 5.26 Å². The molecule has 100 valence electrons. The van der Waals surface area contributed by atoms with Crippen LogP contribution in [0, 0.1) is 17.2 Å². The number of thiocarbonyl (C=S) groups is 1. The first kappa shape index (κ1) is 13.6. The van der Waals surface area contributed by atoms with E-state index < -0.39 is 12.1 Å². The predicted molar refractivity (Wildman–Crippen MR) is 77.5 cm³/mol. The molecule has 0 radical (unpaired) electrons. The molecule has 1 aromatic rings. The molecule has 0 saturated carbocycles. The van der Waals surface area contributed by atoms with Crippen LogP contribution in [0.4, 0.5) is 5.69 Å². The number of aliphatic hydroxyl groups is 1. The van der Waals surface area contributed by atoms with E-state index in [-0.39, 0.29) is 6.04 Å². The highest BCUT2D eigenvalue weighted by molar-refractivity contribution is 7.80. The van der Waals surface area contributed by atoms with E-state index in [1.165, 1.54) is 0 Å². The molecule has 1 aromatic carbocycles. The highest BCUT2D eigenvalue weighted by atomic mass is 32.1. The third-order valence-corrected chi connectivity index (χ3v) is 3.42. The van der Waals surface area contributed by atoms with Gasteiger partial charge in [0.2, 0.25) is 0 Å². The van der Waals surface area contributed by atoms with Crippen molar-refractivity contribution in [2.24, 2.45) is 5.92 Å². The van der Waals surface area contributed by atoms with Crippen LogP contribution in [-0.4, -0.2) is 30.5 Å². The highest BCUT2D eigenvalue weighted by Crippen LogP contribution is 2.27. The van der Waals surface area contributed by atoms with Crippen LogP contribution < -0.4 is 15.5 Å². The summed E-state index contributed by atoms with van der Waals surface area (Å²) in [4.78, 5) is 2.00. The Kier molecular flexibility index (Phi) is 3.88. The monoisotopic (exact) mass is 276 g/mol. The first-order valence-electron chi connectivity index (χ1n) is 5.95. The molecule has 1 heterocycles. The van der Waals surface area contributed by atoms with Gasteiger partial charge in [0.1, 0.15) is 12.1 Å². The third kappa shape index (κ3) is 2.78. The fraction of sp³-hybridized carbons (Fsp3) is 0.385. The minimum Gasteiger partial charge on any atom is -0.378 e. The first-order valence-corrected chi connectivity index (χ1v) is 6.35. The Balaban J connectivity index is 2.28. The molecule has 1 aliphatic rings. The summed E-state index contributed by atoms with van der Waals surface area (Å²) in [5.41, 5.74) is 2.01. The molecule has 5 nitrogen and oxygen atoms in total. The van der Waals surface area contributed by atoms with Gasteiger partial charge in [-0.3, -0.25) is 0 Å². The summed E-state index contributed by atoms with van der Waals surface area (Å²) < 4.78 is 0. The molecule has 19 heavy (non-hydrogen) atoms. The Labute approximate surface area is 117 Å². The van der Waals surface area contributed by atoms with Gasteiger partial charge in [-0.05, 0) is 29.9 Å². The molecule has 0 unspecified atom stereocenters. The minimum absolute atomic E-state index is 0.301. The van der Waals surface area contributed by atoms with Crippen molar-refractivity contribution < 1.29 is 5.11 Å². The SMILES string of the molecule is CN(C)c1ccc([C@@H]2NC(=S)N[C@H](O)[C@@H]2C#N)cc1. The standard InChI is InChI=1S/C13H16N4OS/c1-17(2)9-5-3-8(4-6-9)11-10(7-14)12(18)16-13(19)15-11/h3-6,10-12,18H,1-2H3,(H2,15,16,19)/t10-,11+,12-/m1/s1. The van der Waals surface area contributed by atoms with Gasteiger partial charge in [-0.15, -0.1) is 0 Å². The number of benzene rings is 1. The smallest absolute Gasteiger partial charge is 0.168 e. The second-order valence-electron chi connectivity index (χ2n) is 4.68. The zero-order chi connectivity index (χ0) is 14.0. The maximum atomic E-state index is 9.84. The average Bonchev–Trinajstić information content (AvgIpc) is 2.38. The van der Waals surface area contributed by atoms with Gasteiger partial charge in [0.15, 0.2) is 5.11 Å². The molecule has 3 N–H and O–H groups in total. The quantitative estimate of drug-likeness (QED) is 0.692. The van der Waals surface area contributed by atoms with Crippen LogP contribution in [0.25, 0.3) is 0 Å². The normalized spacial score (nSPS) is 26.0. The number of nitrogens with one attached hydrogen (secondary N) is 2. The molecule has 2 rings (SSSR count). The molecule has 0 aromatic heterocycles. The predicted octanol–water partition coefficient (Wildman–Crippen LogP) is 0.730. The van der Waals surface area contributed by atoms with Crippen LogP contribution in [0.1, 0.15) is 11.6 Å². The molecule has 6 heteroatoms. The van der Waals surface area contributed by atoms with Gasteiger partial charge in [-0.25, -0.2) is 0 Å². The van der Waals surface area contributed by atoms with Gasteiger partial charge in [0.05, 0.1) is 12.1 Å². The molecule has 0 bridgehead atoms. The van der Waals surface area contributed by atoms with Crippen molar-refractivity contribution in [1.82, 2.24) is 10.6 Å². The minimum atomic E-state index is -0.947. The fourth-order valence-corrected chi connectivity index (χ4v) is 2.34. The van der Waals surface area contributed by atoms with E-state index in [2.05, 4.69) is 16.7 Å². The first-order chi connectivity index (χ1) is 9.02. The molecule has 0 aliphatic carbocycles. The van der Waals surface area contributed by atoms with Crippen molar-refractivity contribution >= 4 is 23.0 Å². The summed E-state index contributed by atoms with van der Waals surface area (Å²) in [5.74, 6) is -0.586. The van der Waals surface area contributed by atoms with E-state index in [9.17, 15) is 10.4 Å². The number of hydrogen-bond acceptors (Lipinski definition) is 4. The van der Waals surface area contributed by atoms with Gasteiger partial charge in [-0.1, -0.05) is 12.1 Å².